The number of amides is 1. The number of anilines is 1. The second-order valence-corrected chi connectivity index (χ2v) is 5.85. The van der Waals surface area contributed by atoms with Crippen LogP contribution in [0.4, 0.5) is 5.69 Å². The minimum atomic E-state index is -0.770. The van der Waals surface area contributed by atoms with Gasteiger partial charge < -0.3 is 19.5 Å². The van der Waals surface area contributed by atoms with Gasteiger partial charge in [-0.2, -0.15) is 0 Å². The third kappa shape index (κ3) is 2.63. The van der Waals surface area contributed by atoms with Gasteiger partial charge in [0.1, 0.15) is 12.0 Å². The first-order valence-electron chi connectivity index (χ1n) is 7.90. The van der Waals surface area contributed by atoms with Crippen LogP contribution in [0.1, 0.15) is 10.5 Å². The molecule has 0 atom stereocenters. The van der Waals surface area contributed by atoms with Crippen molar-refractivity contribution in [3.63, 3.8) is 0 Å². The van der Waals surface area contributed by atoms with Crippen LogP contribution in [0.3, 0.4) is 0 Å². The van der Waals surface area contributed by atoms with Crippen molar-refractivity contribution in [2.24, 2.45) is 14.1 Å². The number of hydrogen-bond acceptors (Lipinski definition) is 7. The normalized spacial score (nSPS) is 11.0. The highest BCUT2D eigenvalue weighted by molar-refractivity contribution is 6.04. The lowest BCUT2D eigenvalue weighted by Crippen LogP contribution is -2.26. The predicted molar refractivity (Wildman–Crippen MR) is 95.3 cm³/mol. The largest absolute Gasteiger partial charge is 0.501 e. The summed E-state index contributed by atoms with van der Waals surface area (Å²) in [5.41, 5.74) is 0.646. The highest BCUT2D eigenvalue weighted by atomic mass is 16.5. The van der Waals surface area contributed by atoms with Crippen molar-refractivity contribution in [2.75, 3.05) is 5.32 Å². The molecule has 0 saturated carbocycles. The number of benzene rings is 1. The van der Waals surface area contributed by atoms with Gasteiger partial charge in [-0.25, -0.2) is 9.97 Å². The van der Waals surface area contributed by atoms with Gasteiger partial charge in [-0.1, -0.05) is 17.3 Å². The maximum Gasteiger partial charge on any atom is 0.296 e. The Bertz CT molecular complexity index is 1220. The molecular formula is C17H14N6O4. The smallest absolute Gasteiger partial charge is 0.296 e. The fourth-order valence-electron chi connectivity index (χ4n) is 2.75. The van der Waals surface area contributed by atoms with Crippen LogP contribution in [0.2, 0.25) is 0 Å². The summed E-state index contributed by atoms with van der Waals surface area (Å²) in [7, 11) is 3.23. The third-order valence-corrected chi connectivity index (χ3v) is 4.16. The number of fused-ring (bicyclic) bond motifs is 1. The molecule has 0 fully saturated rings. The molecule has 136 valence electrons. The van der Waals surface area contributed by atoms with Crippen LogP contribution in [-0.4, -0.2) is 35.3 Å². The van der Waals surface area contributed by atoms with E-state index in [-0.39, 0.29) is 11.5 Å². The van der Waals surface area contributed by atoms with Crippen LogP contribution in [-0.2, 0) is 14.1 Å². The van der Waals surface area contributed by atoms with Crippen molar-refractivity contribution in [1.82, 2.24) is 24.3 Å². The van der Waals surface area contributed by atoms with E-state index in [1.165, 1.54) is 19.5 Å². The maximum absolute atomic E-state index is 12.5. The van der Waals surface area contributed by atoms with Gasteiger partial charge in [0.05, 0.1) is 17.2 Å². The van der Waals surface area contributed by atoms with Crippen LogP contribution < -0.4 is 10.9 Å². The number of carbonyl (C=O) groups is 1. The Morgan fingerprint density at radius 2 is 1.89 bits per heavy atom. The molecule has 0 bridgehead atoms. The summed E-state index contributed by atoms with van der Waals surface area (Å²) in [6.45, 7) is 0. The van der Waals surface area contributed by atoms with Gasteiger partial charge in [-0.3, -0.25) is 14.2 Å². The molecule has 1 aromatic carbocycles. The van der Waals surface area contributed by atoms with Crippen molar-refractivity contribution in [3.8, 4) is 17.4 Å². The number of hydrogen-bond donors (Lipinski definition) is 2. The lowest BCUT2D eigenvalue weighted by molar-refractivity contribution is 0.101. The summed E-state index contributed by atoms with van der Waals surface area (Å²) in [6.07, 6.45) is 2.49. The third-order valence-electron chi connectivity index (χ3n) is 4.16. The average Bonchev–Trinajstić information content (AvgIpc) is 3.28. The zero-order chi connectivity index (χ0) is 19.1. The molecule has 0 saturated heterocycles. The Morgan fingerprint density at radius 3 is 2.59 bits per heavy atom. The van der Waals surface area contributed by atoms with Crippen LogP contribution in [0.15, 0.2) is 46.0 Å². The molecular weight excluding hydrogens is 352 g/mol. The van der Waals surface area contributed by atoms with E-state index in [1.54, 1.807) is 11.6 Å². The summed E-state index contributed by atoms with van der Waals surface area (Å²) in [4.78, 5) is 33.6. The molecule has 10 heteroatoms. The molecule has 10 nitrogen and oxygen atoms in total. The summed E-state index contributed by atoms with van der Waals surface area (Å²) >= 11 is 0. The summed E-state index contributed by atoms with van der Waals surface area (Å²) in [5, 5.41) is 16.1. The van der Waals surface area contributed by atoms with Crippen LogP contribution in [0, 0.1) is 0 Å². The Labute approximate surface area is 151 Å². The first-order chi connectivity index (χ1) is 13.0. The van der Waals surface area contributed by atoms with E-state index >= 15 is 0 Å². The number of nitrogens with zero attached hydrogens (tertiary/aromatic N) is 5. The van der Waals surface area contributed by atoms with Crippen molar-refractivity contribution in [3.05, 3.63) is 52.8 Å². The topological polar surface area (TPSA) is 128 Å². The summed E-state index contributed by atoms with van der Waals surface area (Å²) in [6, 6.07) is 7.43. The van der Waals surface area contributed by atoms with Crippen molar-refractivity contribution < 1.29 is 14.4 Å². The number of aryl methyl sites for hydroxylation is 1. The molecule has 0 unspecified atom stereocenters. The monoisotopic (exact) mass is 366 g/mol. The Hall–Kier alpha value is -3.95. The van der Waals surface area contributed by atoms with E-state index in [0.29, 0.717) is 11.3 Å². The molecule has 0 radical (unpaired) electrons. The number of aromatic hydroxyl groups is 1. The van der Waals surface area contributed by atoms with E-state index in [2.05, 4.69) is 25.0 Å². The zero-order valence-corrected chi connectivity index (χ0v) is 14.4. The van der Waals surface area contributed by atoms with Crippen LogP contribution >= 0.6 is 0 Å². The molecule has 4 aromatic rings. The second-order valence-electron chi connectivity index (χ2n) is 5.85. The highest BCUT2D eigenvalue weighted by Crippen LogP contribution is 2.23. The van der Waals surface area contributed by atoms with Crippen molar-refractivity contribution in [1.29, 1.82) is 0 Å². The summed E-state index contributed by atoms with van der Waals surface area (Å²) in [5.74, 6) is -0.996. The van der Waals surface area contributed by atoms with Gasteiger partial charge in [0.25, 0.3) is 11.5 Å². The molecule has 27 heavy (non-hydrogen) atoms. The minimum absolute atomic E-state index is 0.145. The van der Waals surface area contributed by atoms with Crippen molar-refractivity contribution >= 4 is 22.6 Å². The number of carbonyl (C=O) groups excluding carboxylic acids is 1. The van der Waals surface area contributed by atoms with E-state index in [1.807, 2.05) is 24.3 Å². The van der Waals surface area contributed by atoms with Gasteiger partial charge >= 0.3 is 0 Å². The van der Waals surface area contributed by atoms with E-state index < -0.39 is 22.9 Å². The fraction of sp³-hybridized carbons (Fsp3) is 0.118. The maximum atomic E-state index is 12.5. The van der Waals surface area contributed by atoms with Gasteiger partial charge in [0.15, 0.2) is 17.3 Å². The summed E-state index contributed by atoms with van der Waals surface area (Å²) < 4.78 is 7.55. The van der Waals surface area contributed by atoms with Gasteiger partial charge in [-0.15, -0.1) is 0 Å². The van der Waals surface area contributed by atoms with E-state index in [4.69, 9.17) is 0 Å². The van der Waals surface area contributed by atoms with Gasteiger partial charge in [0, 0.05) is 14.1 Å². The van der Waals surface area contributed by atoms with E-state index in [0.717, 1.165) is 10.1 Å². The Balaban J connectivity index is 1.88. The fourth-order valence-corrected chi connectivity index (χ4v) is 2.75. The molecule has 0 aliphatic rings. The van der Waals surface area contributed by atoms with Crippen LogP contribution in [0.25, 0.3) is 22.7 Å². The Kier molecular flexibility index (Phi) is 3.73. The molecule has 0 aliphatic heterocycles. The lowest BCUT2D eigenvalue weighted by Gasteiger charge is -2.11. The minimum Gasteiger partial charge on any atom is -0.501 e. The molecule has 0 spiro atoms. The quantitative estimate of drug-likeness (QED) is 0.559. The average molecular weight is 366 g/mol. The molecule has 0 aliphatic carbocycles. The van der Waals surface area contributed by atoms with Crippen LogP contribution in [0.5, 0.6) is 5.75 Å². The van der Waals surface area contributed by atoms with E-state index in [9.17, 15) is 14.7 Å². The molecule has 2 N–H and O–H groups in total. The number of imidazole rings is 1. The second kappa shape index (κ2) is 6.09. The van der Waals surface area contributed by atoms with Crippen molar-refractivity contribution in [2.45, 2.75) is 0 Å². The number of rotatable bonds is 3. The Morgan fingerprint density at radius 1 is 1.15 bits per heavy atom. The molecule has 3 heterocycles. The SMILES string of the molecule is Cn1c(-c2nc3ccccc3n2C)nc(C(=O)Nc2cnoc2)c(O)c1=O. The van der Waals surface area contributed by atoms with Gasteiger partial charge in [0.2, 0.25) is 5.75 Å². The van der Waals surface area contributed by atoms with Gasteiger partial charge in [-0.05, 0) is 12.1 Å². The molecule has 1 amide bonds. The lowest BCUT2D eigenvalue weighted by atomic mass is 10.3. The number of para-hydroxylation sites is 2. The highest BCUT2D eigenvalue weighted by Gasteiger charge is 2.23. The molecule has 4 rings (SSSR count). The number of nitrogens with one attached hydrogen (secondary N) is 1. The predicted octanol–water partition coefficient (Wildman–Crippen LogP) is 1.28. The molecule has 3 aromatic heterocycles. The first kappa shape index (κ1) is 16.5. The zero-order valence-electron chi connectivity index (χ0n) is 14.4. The first-order valence-corrected chi connectivity index (χ1v) is 7.90. The number of aromatic nitrogens is 5. The standard InChI is InChI=1S/C17H14N6O4/c1-22-11-6-4-3-5-10(11)20-14(22)15-21-12(13(24)17(26)23(15)2)16(25)19-9-7-18-27-8-9/h3-8,24H,1-2H3,(H,19,25).